The first kappa shape index (κ1) is 19.8. The molecule has 25 heavy (non-hydrogen) atoms. The Hall–Kier alpha value is -1.57. The number of piperidine rings is 1. The van der Waals surface area contributed by atoms with Crippen LogP contribution < -0.4 is 10.1 Å². The molecule has 1 N–H and O–H groups in total. The summed E-state index contributed by atoms with van der Waals surface area (Å²) in [7, 11) is -3.71. The standard InChI is InChI=1S/C17H23ClN2O4S/c1-3-9-19-17(21)13-6-5-10-20(12-13)25(22,23)14-7-8-16(24-4-2)15(18)11-14/h3,7-8,11,13H,1,4-6,9-10,12H2,2H3,(H,19,21)/t13-/m1/s1. The SMILES string of the molecule is C=CCNC(=O)[C@@H]1CCCN(S(=O)(=O)c2ccc(OCC)c(Cl)c2)C1. The lowest BCUT2D eigenvalue weighted by molar-refractivity contribution is -0.125. The van der Waals surface area contributed by atoms with Crippen molar-refractivity contribution in [1.82, 2.24) is 9.62 Å². The Morgan fingerprint density at radius 3 is 2.92 bits per heavy atom. The van der Waals surface area contributed by atoms with E-state index in [1.165, 1.54) is 16.4 Å². The molecule has 1 amide bonds. The quantitative estimate of drug-likeness (QED) is 0.730. The number of hydrogen-bond acceptors (Lipinski definition) is 4. The Kier molecular flexibility index (Phi) is 6.87. The molecule has 1 aromatic rings. The lowest BCUT2D eigenvalue weighted by atomic mass is 9.99. The zero-order valence-electron chi connectivity index (χ0n) is 14.2. The number of rotatable bonds is 7. The van der Waals surface area contributed by atoms with Crippen molar-refractivity contribution in [1.29, 1.82) is 0 Å². The highest BCUT2D eigenvalue weighted by Gasteiger charge is 2.33. The van der Waals surface area contributed by atoms with E-state index in [9.17, 15) is 13.2 Å². The number of nitrogens with zero attached hydrogens (tertiary/aromatic N) is 1. The van der Waals surface area contributed by atoms with Gasteiger partial charge in [0.2, 0.25) is 15.9 Å². The fraction of sp³-hybridized carbons (Fsp3) is 0.471. The van der Waals surface area contributed by atoms with E-state index in [-0.39, 0.29) is 28.3 Å². The number of nitrogens with one attached hydrogen (secondary N) is 1. The van der Waals surface area contributed by atoms with Crippen molar-refractivity contribution in [2.75, 3.05) is 26.2 Å². The van der Waals surface area contributed by atoms with Crippen LogP contribution in [-0.4, -0.2) is 44.9 Å². The van der Waals surface area contributed by atoms with Gasteiger partial charge in [0.05, 0.1) is 22.4 Å². The highest BCUT2D eigenvalue weighted by molar-refractivity contribution is 7.89. The topological polar surface area (TPSA) is 75.7 Å². The summed E-state index contributed by atoms with van der Waals surface area (Å²) in [5.41, 5.74) is 0. The normalized spacial score (nSPS) is 18.6. The lowest BCUT2D eigenvalue weighted by Gasteiger charge is -2.31. The summed E-state index contributed by atoms with van der Waals surface area (Å²) in [6.07, 6.45) is 2.90. The zero-order valence-corrected chi connectivity index (χ0v) is 15.8. The average molecular weight is 387 g/mol. The smallest absolute Gasteiger partial charge is 0.243 e. The van der Waals surface area contributed by atoms with Crippen molar-refractivity contribution < 1.29 is 17.9 Å². The van der Waals surface area contributed by atoms with E-state index in [4.69, 9.17) is 16.3 Å². The third-order valence-corrected chi connectivity index (χ3v) is 6.17. The number of amides is 1. The van der Waals surface area contributed by atoms with Gasteiger partial charge in [-0.15, -0.1) is 6.58 Å². The first-order chi connectivity index (χ1) is 11.9. The van der Waals surface area contributed by atoms with Gasteiger partial charge in [0.15, 0.2) is 0 Å². The summed E-state index contributed by atoms with van der Waals surface area (Å²) in [6, 6.07) is 4.42. The van der Waals surface area contributed by atoms with Crippen LogP contribution in [0.3, 0.4) is 0 Å². The Morgan fingerprint density at radius 2 is 2.28 bits per heavy atom. The molecule has 1 aliphatic heterocycles. The summed E-state index contributed by atoms with van der Waals surface area (Å²) in [4.78, 5) is 12.2. The Morgan fingerprint density at radius 1 is 1.52 bits per heavy atom. The maximum absolute atomic E-state index is 12.9. The van der Waals surface area contributed by atoms with Gasteiger partial charge in [0.1, 0.15) is 5.75 Å². The van der Waals surface area contributed by atoms with Crippen molar-refractivity contribution in [3.63, 3.8) is 0 Å². The van der Waals surface area contributed by atoms with Crippen LogP contribution in [0.1, 0.15) is 19.8 Å². The minimum absolute atomic E-state index is 0.105. The molecule has 0 saturated carbocycles. The van der Waals surface area contributed by atoms with Crippen LogP contribution in [0.25, 0.3) is 0 Å². The second kappa shape index (κ2) is 8.69. The largest absolute Gasteiger partial charge is 0.492 e. The number of benzene rings is 1. The number of ether oxygens (including phenoxy) is 1. The van der Waals surface area contributed by atoms with Gasteiger partial charge in [-0.25, -0.2) is 8.42 Å². The molecule has 1 fully saturated rings. The fourth-order valence-corrected chi connectivity index (χ4v) is 4.61. The van der Waals surface area contributed by atoms with Crippen molar-refractivity contribution in [3.8, 4) is 5.75 Å². The second-order valence-corrected chi connectivity index (χ2v) is 8.11. The molecule has 0 radical (unpaired) electrons. The monoisotopic (exact) mass is 386 g/mol. The van der Waals surface area contributed by atoms with Gasteiger partial charge in [-0.2, -0.15) is 4.31 Å². The van der Waals surface area contributed by atoms with Crippen LogP contribution in [0.15, 0.2) is 35.7 Å². The summed E-state index contributed by atoms with van der Waals surface area (Å²) >= 11 is 6.11. The van der Waals surface area contributed by atoms with Crippen LogP contribution in [0, 0.1) is 5.92 Å². The van der Waals surface area contributed by atoms with Crippen molar-refractivity contribution in [2.24, 2.45) is 5.92 Å². The number of hydrogen-bond donors (Lipinski definition) is 1. The van der Waals surface area contributed by atoms with Gasteiger partial charge in [-0.05, 0) is 38.0 Å². The molecule has 1 atom stereocenters. The molecule has 1 aromatic carbocycles. The van der Waals surface area contributed by atoms with E-state index >= 15 is 0 Å². The third-order valence-electron chi connectivity index (χ3n) is 4.02. The summed E-state index contributed by atoms with van der Waals surface area (Å²) < 4.78 is 32.4. The molecule has 0 aromatic heterocycles. The Labute approximate surface area is 153 Å². The van der Waals surface area contributed by atoms with Gasteiger partial charge in [-0.1, -0.05) is 17.7 Å². The minimum Gasteiger partial charge on any atom is -0.492 e. The molecule has 0 aliphatic carbocycles. The van der Waals surface area contributed by atoms with Gasteiger partial charge in [-0.3, -0.25) is 4.79 Å². The molecular weight excluding hydrogens is 364 g/mol. The van der Waals surface area contributed by atoms with Gasteiger partial charge in [0.25, 0.3) is 0 Å². The molecule has 8 heteroatoms. The molecule has 1 saturated heterocycles. The van der Waals surface area contributed by atoms with Crippen LogP contribution in [-0.2, 0) is 14.8 Å². The molecule has 2 rings (SSSR count). The van der Waals surface area contributed by atoms with Crippen molar-refractivity contribution in [3.05, 3.63) is 35.9 Å². The second-order valence-electron chi connectivity index (χ2n) is 5.76. The van der Waals surface area contributed by atoms with Crippen LogP contribution in [0.4, 0.5) is 0 Å². The Balaban J connectivity index is 2.17. The maximum atomic E-state index is 12.9. The predicted octanol–water partition coefficient (Wildman–Crippen LogP) is 2.44. The average Bonchev–Trinajstić information content (AvgIpc) is 2.61. The van der Waals surface area contributed by atoms with E-state index in [0.29, 0.717) is 38.3 Å². The van der Waals surface area contributed by atoms with Crippen LogP contribution in [0.2, 0.25) is 5.02 Å². The van der Waals surface area contributed by atoms with Gasteiger partial charge in [0, 0.05) is 19.6 Å². The Bertz CT molecular complexity index is 736. The third kappa shape index (κ3) is 4.74. The predicted molar refractivity (Wildman–Crippen MR) is 97.3 cm³/mol. The van der Waals surface area contributed by atoms with E-state index in [0.717, 1.165) is 0 Å². The first-order valence-corrected chi connectivity index (χ1v) is 10.0. The van der Waals surface area contributed by atoms with E-state index in [2.05, 4.69) is 11.9 Å². The zero-order chi connectivity index (χ0) is 18.4. The highest BCUT2D eigenvalue weighted by Crippen LogP contribution is 2.30. The highest BCUT2D eigenvalue weighted by atomic mass is 35.5. The molecule has 138 valence electrons. The molecule has 1 aliphatic rings. The number of carbonyl (C=O) groups is 1. The number of sulfonamides is 1. The van der Waals surface area contributed by atoms with Crippen molar-refractivity contribution >= 4 is 27.5 Å². The fourth-order valence-electron chi connectivity index (χ4n) is 2.76. The van der Waals surface area contributed by atoms with Crippen LogP contribution in [0.5, 0.6) is 5.75 Å². The molecule has 0 bridgehead atoms. The van der Waals surface area contributed by atoms with E-state index in [1.807, 2.05) is 6.92 Å². The number of carbonyl (C=O) groups excluding carboxylic acids is 1. The van der Waals surface area contributed by atoms with E-state index in [1.54, 1.807) is 12.1 Å². The first-order valence-electron chi connectivity index (χ1n) is 8.21. The maximum Gasteiger partial charge on any atom is 0.243 e. The van der Waals surface area contributed by atoms with E-state index < -0.39 is 10.0 Å². The van der Waals surface area contributed by atoms with Gasteiger partial charge < -0.3 is 10.1 Å². The molecule has 1 heterocycles. The summed E-state index contributed by atoms with van der Waals surface area (Å²) in [5.74, 6) is -0.0605. The lowest BCUT2D eigenvalue weighted by Crippen LogP contribution is -2.45. The molecule has 0 unspecified atom stereocenters. The number of halogens is 1. The molecular formula is C17H23ClN2O4S. The molecule has 6 nitrogen and oxygen atoms in total. The summed E-state index contributed by atoms with van der Waals surface area (Å²) in [6.45, 7) is 6.75. The molecule has 0 spiro atoms. The van der Waals surface area contributed by atoms with Crippen LogP contribution >= 0.6 is 11.6 Å². The van der Waals surface area contributed by atoms with Gasteiger partial charge >= 0.3 is 0 Å². The minimum atomic E-state index is -3.71. The summed E-state index contributed by atoms with van der Waals surface area (Å²) in [5, 5.41) is 2.98. The van der Waals surface area contributed by atoms with Crippen molar-refractivity contribution in [2.45, 2.75) is 24.7 Å².